The lowest BCUT2D eigenvalue weighted by Crippen LogP contribution is -2.45. The number of nitrogens with one attached hydrogen (secondary N) is 1. The third-order valence-electron chi connectivity index (χ3n) is 5.96. The second kappa shape index (κ2) is 10.4. The Morgan fingerprint density at radius 1 is 1.16 bits per heavy atom. The minimum Gasteiger partial charge on any atom is -0.488 e. The molecule has 0 spiro atoms. The number of aryl methyl sites for hydroxylation is 1. The van der Waals surface area contributed by atoms with Crippen LogP contribution in [0.2, 0.25) is 0 Å². The van der Waals surface area contributed by atoms with Gasteiger partial charge in [-0.3, -0.25) is 0 Å². The van der Waals surface area contributed by atoms with E-state index in [0.29, 0.717) is 12.6 Å². The lowest BCUT2D eigenvalue weighted by molar-refractivity contribution is 0.131. The van der Waals surface area contributed by atoms with Gasteiger partial charge in [-0.1, -0.05) is 24.8 Å². The summed E-state index contributed by atoms with van der Waals surface area (Å²) in [5.41, 5.74) is 3.08. The summed E-state index contributed by atoms with van der Waals surface area (Å²) in [5, 5.41) is 3.53. The molecule has 1 heterocycles. The first-order valence-electron chi connectivity index (χ1n) is 11.5. The van der Waals surface area contributed by atoms with Crippen LogP contribution in [0.25, 0.3) is 0 Å². The molecule has 1 fully saturated rings. The zero-order valence-electron chi connectivity index (χ0n) is 20.2. The number of hydrogen-bond donors (Lipinski definition) is 1. The van der Waals surface area contributed by atoms with Crippen LogP contribution >= 0.6 is 0 Å². The van der Waals surface area contributed by atoms with Crippen LogP contribution in [0, 0.1) is 12.7 Å². The highest BCUT2D eigenvalue weighted by atomic mass is 19.1. The summed E-state index contributed by atoms with van der Waals surface area (Å²) in [6, 6.07) is 13.7. The topological polar surface area (TPSA) is 27.7 Å². The Labute approximate surface area is 193 Å². The molecular formula is C27H38FN3O. The van der Waals surface area contributed by atoms with E-state index in [1.54, 1.807) is 12.1 Å². The monoisotopic (exact) mass is 439 g/mol. The van der Waals surface area contributed by atoms with Crippen molar-refractivity contribution in [1.82, 2.24) is 15.1 Å². The van der Waals surface area contributed by atoms with Gasteiger partial charge in [0.05, 0.1) is 5.82 Å². The van der Waals surface area contributed by atoms with E-state index in [1.807, 2.05) is 45.9 Å². The first kappa shape index (κ1) is 24.1. The molecule has 0 radical (unpaired) electrons. The van der Waals surface area contributed by atoms with E-state index in [0.717, 1.165) is 55.2 Å². The molecule has 1 N–H and O–H groups in total. The van der Waals surface area contributed by atoms with Crippen LogP contribution in [0.4, 0.5) is 4.39 Å². The van der Waals surface area contributed by atoms with Gasteiger partial charge in [-0.2, -0.15) is 0 Å². The van der Waals surface area contributed by atoms with Crippen molar-refractivity contribution in [2.45, 2.75) is 65.3 Å². The van der Waals surface area contributed by atoms with Crippen molar-refractivity contribution in [2.24, 2.45) is 0 Å². The van der Waals surface area contributed by atoms with Crippen molar-refractivity contribution < 1.29 is 9.13 Å². The zero-order chi connectivity index (χ0) is 23.3. The Balaban J connectivity index is 1.67. The molecule has 5 heteroatoms. The van der Waals surface area contributed by atoms with E-state index in [1.165, 1.54) is 5.56 Å². The molecule has 1 saturated heterocycles. The second-order valence-electron chi connectivity index (χ2n) is 9.89. The maximum absolute atomic E-state index is 13.6. The smallest absolute Gasteiger partial charge is 0.123 e. The first-order valence-corrected chi connectivity index (χ1v) is 11.5. The predicted molar refractivity (Wildman–Crippen MR) is 130 cm³/mol. The first-order chi connectivity index (χ1) is 15.1. The molecule has 2 aromatic rings. The van der Waals surface area contributed by atoms with Gasteiger partial charge in [0.15, 0.2) is 0 Å². The molecule has 0 aromatic heterocycles. The van der Waals surface area contributed by atoms with Crippen LogP contribution in [0.3, 0.4) is 0 Å². The van der Waals surface area contributed by atoms with E-state index in [2.05, 4.69) is 40.9 Å². The summed E-state index contributed by atoms with van der Waals surface area (Å²) in [4.78, 5) is 4.74. The third kappa shape index (κ3) is 6.99. The van der Waals surface area contributed by atoms with Crippen molar-refractivity contribution >= 4 is 0 Å². The van der Waals surface area contributed by atoms with E-state index < -0.39 is 0 Å². The van der Waals surface area contributed by atoms with Crippen molar-refractivity contribution in [1.29, 1.82) is 0 Å². The lowest BCUT2D eigenvalue weighted by atomic mass is 10.0. The molecule has 1 aliphatic heterocycles. The maximum atomic E-state index is 13.6. The van der Waals surface area contributed by atoms with Crippen molar-refractivity contribution in [3.63, 3.8) is 0 Å². The quantitative estimate of drug-likeness (QED) is 0.590. The Bertz CT molecular complexity index is 896. The SMILES string of the molecule is C=C(NCc1ccc(OC(C)(C)C)cc1)N(Cc1ccc(F)cc1C)C1CCN(C)CC1. The van der Waals surface area contributed by atoms with Crippen LogP contribution in [-0.2, 0) is 13.1 Å². The third-order valence-corrected chi connectivity index (χ3v) is 5.96. The molecule has 0 bridgehead atoms. The predicted octanol–water partition coefficient (Wildman–Crippen LogP) is 5.47. The van der Waals surface area contributed by atoms with Gasteiger partial charge in [-0.25, -0.2) is 4.39 Å². The van der Waals surface area contributed by atoms with Gasteiger partial charge in [-0.05, 0) is 102 Å². The molecule has 2 aromatic carbocycles. The van der Waals surface area contributed by atoms with Gasteiger partial charge in [-0.15, -0.1) is 0 Å². The molecule has 3 rings (SSSR count). The van der Waals surface area contributed by atoms with Crippen LogP contribution in [-0.4, -0.2) is 41.6 Å². The van der Waals surface area contributed by atoms with Crippen molar-refractivity contribution in [3.8, 4) is 5.75 Å². The minimum atomic E-state index is -0.207. The lowest BCUT2D eigenvalue weighted by Gasteiger charge is -2.40. The van der Waals surface area contributed by atoms with Crippen LogP contribution < -0.4 is 10.1 Å². The average molecular weight is 440 g/mol. The van der Waals surface area contributed by atoms with E-state index >= 15 is 0 Å². The number of benzene rings is 2. The minimum absolute atomic E-state index is 0.187. The zero-order valence-corrected chi connectivity index (χ0v) is 20.2. The van der Waals surface area contributed by atoms with E-state index in [-0.39, 0.29) is 11.4 Å². The van der Waals surface area contributed by atoms with Gasteiger partial charge in [0.1, 0.15) is 17.2 Å². The van der Waals surface area contributed by atoms with Crippen molar-refractivity contribution in [3.05, 3.63) is 77.4 Å². The summed E-state index contributed by atoms with van der Waals surface area (Å²) < 4.78 is 19.5. The number of nitrogens with zero attached hydrogens (tertiary/aromatic N) is 2. The molecule has 0 atom stereocenters. The average Bonchev–Trinajstić information content (AvgIpc) is 2.72. The highest BCUT2D eigenvalue weighted by Gasteiger charge is 2.25. The Morgan fingerprint density at radius 3 is 2.41 bits per heavy atom. The van der Waals surface area contributed by atoms with E-state index in [9.17, 15) is 4.39 Å². The largest absolute Gasteiger partial charge is 0.488 e. The van der Waals surface area contributed by atoms with Crippen molar-refractivity contribution in [2.75, 3.05) is 20.1 Å². The molecule has 174 valence electrons. The standard InChI is InChI=1S/C27H38FN3O/c1-20-17-24(28)10-9-23(20)19-31(25-13-15-30(6)16-14-25)21(2)29-18-22-7-11-26(12-8-22)32-27(3,4)5/h7-12,17,25,29H,2,13-16,18-19H2,1,3-6H3. The molecular weight excluding hydrogens is 401 g/mol. The molecule has 0 aliphatic carbocycles. The van der Waals surface area contributed by atoms with Gasteiger partial charge in [0.2, 0.25) is 0 Å². The summed E-state index contributed by atoms with van der Waals surface area (Å²) in [7, 11) is 2.17. The highest BCUT2D eigenvalue weighted by molar-refractivity contribution is 5.29. The fraction of sp³-hybridized carbons (Fsp3) is 0.481. The van der Waals surface area contributed by atoms with Gasteiger partial charge in [0, 0.05) is 19.1 Å². The molecule has 1 aliphatic rings. The van der Waals surface area contributed by atoms with Gasteiger partial charge in [0.25, 0.3) is 0 Å². The van der Waals surface area contributed by atoms with Crippen LogP contribution in [0.1, 0.15) is 50.3 Å². The number of ether oxygens (including phenoxy) is 1. The molecule has 0 unspecified atom stereocenters. The molecule has 32 heavy (non-hydrogen) atoms. The Hall–Kier alpha value is -2.53. The normalized spacial score (nSPS) is 15.4. The Kier molecular flexibility index (Phi) is 7.83. The fourth-order valence-electron chi connectivity index (χ4n) is 4.11. The maximum Gasteiger partial charge on any atom is 0.123 e. The van der Waals surface area contributed by atoms with Gasteiger partial charge < -0.3 is 19.9 Å². The number of rotatable bonds is 8. The highest BCUT2D eigenvalue weighted by Crippen LogP contribution is 2.24. The number of likely N-dealkylation sites (tertiary alicyclic amines) is 1. The fourth-order valence-corrected chi connectivity index (χ4v) is 4.11. The van der Waals surface area contributed by atoms with E-state index in [4.69, 9.17) is 4.74 Å². The summed E-state index contributed by atoms with van der Waals surface area (Å²) >= 11 is 0. The van der Waals surface area contributed by atoms with Crippen LogP contribution in [0.15, 0.2) is 54.9 Å². The molecule has 0 amide bonds. The number of hydrogen-bond acceptors (Lipinski definition) is 4. The molecule has 4 nitrogen and oxygen atoms in total. The molecule has 0 saturated carbocycles. The number of piperidine rings is 1. The Morgan fingerprint density at radius 2 is 1.81 bits per heavy atom. The van der Waals surface area contributed by atoms with Crippen LogP contribution in [0.5, 0.6) is 5.75 Å². The second-order valence-corrected chi connectivity index (χ2v) is 9.89. The number of halogens is 1. The van der Waals surface area contributed by atoms with Gasteiger partial charge >= 0.3 is 0 Å². The summed E-state index contributed by atoms with van der Waals surface area (Å²) in [5.74, 6) is 1.60. The summed E-state index contributed by atoms with van der Waals surface area (Å²) in [6.45, 7) is 16.1. The summed E-state index contributed by atoms with van der Waals surface area (Å²) in [6.07, 6.45) is 2.19.